The number of carbonyl (C=O) groups is 1. The van der Waals surface area contributed by atoms with Crippen molar-refractivity contribution in [1.29, 1.82) is 0 Å². The minimum Gasteiger partial charge on any atom is -0.459 e. The molecule has 4 heteroatoms. The lowest BCUT2D eigenvalue weighted by Gasteiger charge is -2.33. The highest BCUT2D eigenvalue weighted by Gasteiger charge is 2.29. The second-order valence-corrected chi connectivity index (χ2v) is 7.25. The molecular weight excluding hydrogens is 353 g/mol. The van der Waals surface area contributed by atoms with Crippen molar-refractivity contribution >= 4 is 34.2 Å². The largest absolute Gasteiger partial charge is 0.459 e. The molecule has 104 valence electrons. The average molecular weight is 373 g/mol. The molecule has 1 aliphatic carbocycles. The fourth-order valence-electron chi connectivity index (χ4n) is 2.41. The van der Waals surface area contributed by atoms with Crippen LogP contribution in [-0.4, -0.2) is 12.1 Å². The molecule has 0 heterocycles. The first-order valence-electron chi connectivity index (χ1n) is 6.63. The standard InChI is InChI=1S/C15H20INO2/c1-15(2)7-5-11(6-8-15)19-14(18)12-9-10(16)3-4-13(12)17/h3-4,9,11H,5-8,17H2,1-2H3. The number of halogens is 1. The predicted octanol–water partition coefficient (Wildman–Crippen LogP) is 4.00. The predicted molar refractivity (Wildman–Crippen MR) is 85.0 cm³/mol. The van der Waals surface area contributed by atoms with Gasteiger partial charge in [-0.25, -0.2) is 4.79 Å². The van der Waals surface area contributed by atoms with Gasteiger partial charge in [-0.3, -0.25) is 0 Å². The summed E-state index contributed by atoms with van der Waals surface area (Å²) >= 11 is 2.17. The van der Waals surface area contributed by atoms with Gasteiger partial charge in [-0.2, -0.15) is 0 Å². The Balaban J connectivity index is 2.00. The zero-order valence-electron chi connectivity index (χ0n) is 11.4. The van der Waals surface area contributed by atoms with Crippen LogP contribution in [0.1, 0.15) is 49.9 Å². The highest BCUT2D eigenvalue weighted by atomic mass is 127. The van der Waals surface area contributed by atoms with E-state index in [0.717, 1.165) is 29.3 Å². The van der Waals surface area contributed by atoms with Crippen molar-refractivity contribution in [3.8, 4) is 0 Å². The van der Waals surface area contributed by atoms with Crippen LogP contribution in [0.4, 0.5) is 5.69 Å². The smallest absolute Gasteiger partial charge is 0.340 e. The van der Waals surface area contributed by atoms with Crippen LogP contribution in [-0.2, 0) is 4.74 Å². The number of esters is 1. The summed E-state index contributed by atoms with van der Waals surface area (Å²) in [5, 5.41) is 0. The van der Waals surface area contributed by atoms with Crippen molar-refractivity contribution in [2.45, 2.75) is 45.6 Å². The van der Waals surface area contributed by atoms with Gasteiger partial charge < -0.3 is 10.5 Å². The topological polar surface area (TPSA) is 52.3 Å². The molecule has 1 fully saturated rings. The van der Waals surface area contributed by atoms with Crippen molar-refractivity contribution in [2.75, 3.05) is 5.73 Å². The SMILES string of the molecule is CC1(C)CCC(OC(=O)c2cc(I)ccc2N)CC1. The minimum atomic E-state index is -0.291. The van der Waals surface area contributed by atoms with E-state index in [4.69, 9.17) is 10.5 Å². The third-order valence-corrected chi connectivity index (χ3v) is 4.47. The summed E-state index contributed by atoms with van der Waals surface area (Å²) in [6.45, 7) is 4.53. The summed E-state index contributed by atoms with van der Waals surface area (Å²) in [5.41, 5.74) is 7.18. The lowest BCUT2D eigenvalue weighted by atomic mass is 9.76. The molecule has 1 aliphatic rings. The molecule has 0 bridgehead atoms. The summed E-state index contributed by atoms with van der Waals surface area (Å²) in [5.74, 6) is -0.291. The maximum atomic E-state index is 12.1. The Labute approximate surface area is 128 Å². The van der Waals surface area contributed by atoms with Crippen LogP contribution in [0.2, 0.25) is 0 Å². The number of benzene rings is 1. The van der Waals surface area contributed by atoms with Crippen molar-refractivity contribution in [2.24, 2.45) is 5.41 Å². The summed E-state index contributed by atoms with van der Waals surface area (Å²) in [6, 6.07) is 5.42. The van der Waals surface area contributed by atoms with E-state index < -0.39 is 0 Å². The maximum absolute atomic E-state index is 12.1. The number of nitrogen functional groups attached to an aromatic ring is 1. The third-order valence-electron chi connectivity index (χ3n) is 3.80. The Morgan fingerprint density at radius 1 is 1.37 bits per heavy atom. The zero-order valence-corrected chi connectivity index (χ0v) is 13.6. The molecule has 1 aromatic rings. The molecule has 2 rings (SSSR count). The average Bonchev–Trinajstić information content (AvgIpc) is 2.35. The molecule has 0 aliphatic heterocycles. The first-order valence-corrected chi connectivity index (χ1v) is 7.71. The molecule has 0 amide bonds. The highest BCUT2D eigenvalue weighted by Crippen LogP contribution is 2.36. The zero-order chi connectivity index (χ0) is 14.0. The van der Waals surface area contributed by atoms with Gasteiger partial charge in [0.25, 0.3) is 0 Å². The Kier molecular flexibility index (Phi) is 4.38. The van der Waals surface area contributed by atoms with E-state index in [1.54, 1.807) is 12.1 Å². The normalized spacial score (nSPS) is 19.1. The van der Waals surface area contributed by atoms with Gasteiger partial charge in [0.1, 0.15) is 6.10 Å². The number of anilines is 1. The highest BCUT2D eigenvalue weighted by molar-refractivity contribution is 14.1. The molecule has 0 saturated heterocycles. The van der Waals surface area contributed by atoms with Crippen LogP contribution in [0.3, 0.4) is 0 Å². The summed E-state index contributed by atoms with van der Waals surface area (Å²) < 4.78 is 6.57. The van der Waals surface area contributed by atoms with Crippen molar-refractivity contribution in [1.82, 2.24) is 0 Å². The molecule has 19 heavy (non-hydrogen) atoms. The molecule has 0 unspecified atom stereocenters. The Hall–Kier alpha value is -0.780. The Morgan fingerprint density at radius 2 is 2.00 bits per heavy atom. The lowest BCUT2D eigenvalue weighted by molar-refractivity contribution is 0.00962. The van der Waals surface area contributed by atoms with Gasteiger partial charge in [-0.15, -0.1) is 0 Å². The summed E-state index contributed by atoms with van der Waals surface area (Å²) in [7, 11) is 0. The second-order valence-electron chi connectivity index (χ2n) is 6.00. The van der Waals surface area contributed by atoms with E-state index in [0.29, 0.717) is 16.7 Å². The van der Waals surface area contributed by atoms with Gasteiger partial charge >= 0.3 is 5.97 Å². The van der Waals surface area contributed by atoms with E-state index in [2.05, 4.69) is 36.4 Å². The number of rotatable bonds is 2. The van der Waals surface area contributed by atoms with Crippen molar-refractivity contribution in [3.63, 3.8) is 0 Å². The Morgan fingerprint density at radius 3 is 2.63 bits per heavy atom. The van der Waals surface area contributed by atoms with E-state index in [-0.39, 0.29) is 12.1 Å². The fraction of sp³-hybridized carbons (Fsp3) is 0.533. The minimum absolute atomic E-state index is 0.0396. The molecule has 1 saturated carbocycles. The van der Waals surface area contributed by atoms with Gasteiger partial charge in [0.05, 0.1) is 5.56 Å². The maximum Gasteiger partial charge on any atom is 0.340 e. The van der Waals surface area contributed by atoms with Crippen LogP contribution >= 0.6 is 22.6 Å². The molecule has 0 aromatic heterocycles. The number of nitrogens with two attached hydrogens (primary N) is 1. The molecule has 3 nitrogen and oxygen atoms in total. The summed E-state index contributed by atoms with van der Waals surface area (Å²) in [4.78, 5) is 12.1. The molecule has 1 aromatic carbocycles. The van der Waals surface area contributed by atoms with Crippen molar-refractivity contribution in [3.05, 3.63) is 27.3 Å². The van der Waals surface area contributed by atoms with Crippen LogP contribution in [0.15, 0.2) is 18.2 Å². The second kappa shape index (κ2) is 5.69. The monoisotopic (exact) mass is 373 g/mol. The quantitative estimate of drug-likeness (QED) is 0.484. The molecular formula is C15H20INO2. The lowest BCUT2D eigenvalue weighted by Crippen LogP contribution is -2.28. The van der Waals surface area contributed by atoms with Gasteiger partial charge in [0.15, 0.2) is 0 Å². The van der Waals surface area contributed by atoms with E-state index in [1.807, 2.05) is 6.07 Å². The molecule has 0 radical (unpaired) electrons. The first kappa shape index (κ1) is 14.6. The van der Waals surface area contributed by atoms with E-state index in [1.165, 1.54) is 0 Å². The van der Waals surface area contributed by atoms with Crippen LogP contribution < -0.4 is 5.73 Å². The van der Waals surface area contributed by atoms with E-state index in [9.17, 15) is 4.79 Å². The number of hydrogen-bond donors (Lipinski definition) is 1. The van der Waals surface area contributed by atoms with Gasteiger partial charge in [-0.1, -0.05) is 13.8 Å². The van der Waals surface area contributed by atoms with Gasteiger partial charge in [-0.05, 0) is 71.9 Å². The summed E-state index contributed by atoms with van der Waals surface area (Å²) in [6.07, 6.45) is 4.14. The molecule has 2 N–H and O–H groups in total. The number of ether oxygens (including phenoxy) is 1. The van der Waals surface area contributed by atoms with Crippen LogP contribution in [0, 0.1) is 8.99 Å². The number of hydrogen-bond acceptors (Lipinski definition) is 3. The van der Waals surface area contributed by atoms with Crippen LogP contribution in [0.25, 0.3) is 0 Å². The third kappa shape index (κ3) is 3.84. The van der Waals surface area contributed by atoms with Gasteiger partial charge in [0.2, 0.25) is 0 Å². The fourth-order valence-corrected chi connectivity index (χ4v) is 2.90. The number of carbonyl (C=O) groups excluding carboxylic acids is 1. The van der Waals surface area contributed by atoms with E-state index >= 15 is 0 Å². The Bertz CT molecular complexity index is 475. The molecule has 0 spiro atoms. The van der Waals surface area contributed by atoms with Crippen LogP contribution in [0.5, 0.6) is 0 Å². The molecule has 0 atom stereocenters. The van der Waals surface area contributed by atoms with Gasteiger partial charge in [0, 0.05) is 9.26 Å². The first-order chi connectivity index (χ1) is 8.87. The van der Waals surface area contributed by atoms with Crippen molar-refractivity contribution < 1.29 is 9.53 Å².